The van der Waals surface area contributed by atoms with Crippen molar-refractivity contribution < 1.29 is 10.0 Å². The Bertz CT molecular complexity index is 434. The van der Waals surface area contributed by atoms with Crippen molar-refractivity contribution in [2.75, 3.05) is 6.54 Å². The molecule has 1 fully saturated rings. The summed E-state index contributed by atoms with van der Waals surface area (Å²) >= 11 is 0. The van der Waals surface area contributed by atoms with Gasteiger partial charge in [-0.1, -0.05) is 13.3 Å². The first-order chi connectivity index (χ1) is 9.06. The highest BCUT2D eigenvalue weighted by Crippen LogP contribution is 2.24. The van der Waals surface area contributed by atoms with Crippen LogP contribution in [0.3, 0.4) is 0 Å². The van der Waals surface area contributed by atoms with E-state index in [1.807, 2.05) is 0 Å². The van der Waals surface area contributed by atoms with Crippen molar-refractivity contribution >= 4 is 5.69 Å². The largest absolute Gasteiger partial charge is 0.390 e. The van der Waals surface area contributed by atoms with Gasteiger partial charge in [0.15, 0.2) is 0 Å². The molecule has 1 aliphatic carbocycles. The van der Waals surface area contributed by atoms with Crippen molar-refractivity contribution in [2.24, 2.45) is 5.92 Å². The quantitative estimate of drug-likeness (QED) is 0.591. The Hall–Kier alpha value is -1.47. The molecule has 0 saturated heterocycles. The third kappa shape index (κ3) is 3.74. The molecule has 1 heterocycles. The van der Waals surface area contributed by atoms with E-state index in [1.165, 1.54) is 29.9 Å². The van der Waals surface area contributed by atoms with Gasteiger partial charge in [-0.3, -0.25) is 14.8 Å². The van der Waals surface area contributed by atoms with E-state index in [1.54, 1.807) is 0 Å². The van der Waals surface area contributed by atoms with Gasteiger partial charge in [0.25, 0.3) is 0 Å². The van der Waals surface area contributed by atoms with Gasteiger partial charge >= 0.3 is 5.69 Å². The summed E-state index contributed by atoms with van der Waals surface area (Å²) in [5.74, 6) is 0.651. The molecule has 0 spiro atoms. The van der Waals surface area contributed by atoms with Gasteiger partial charge in [0.05, 0.1) is 17.6 Å². The summed E-state index contributed by atoms with van der Waals surface area (Å²) in [7, 11) is 0. The molecule has 1 aromatic rings. The minimum absolute atomic E-state index is 0.0513. The highest BCUT2D eigenvalue weighted by Gasteiger charge is 2.23. The Morgan fingerprint density at radius 1 is 1.68 bits per heavy atom. The van der Waals surface area contributed by atoms with Crippen LogP contribution in [0.15, 0.2) is 12.4 Å². The summed E-state index contributed by atoms with van der Waals surface area (Å²) < 4.78 is 1.41. The summed E-state index contributed by atoms with van der Waals surface area (Å²) in [4.78, 5) is 10.0. The molecule has 106 valence electrons. The van der Waals surface area contributed by atoms with Crippen LogP contribution in [0, 0.1) is 16.0 Å². The smallest absolute Gasteiger partial charge is 0.306 e. The van der Waals surface area contributed by atoms with Gasteiger partial charge < -0.3 is 10.4 Å². The van der Waals surface area contributed by atoms with Gasteiger partial charge in [0.1, 0.15) is 12.4 Å². The Balaban J connectivity index is 1.77. The summed E-state index contributed by atoms with van der Waals surface area (Å²) in [6.07, 6.45) is 5.56. The second-order valence-corrected chi connectivity index (χ2v) is 5.25. The maximum Gasteiger partial charge on any atom is 0.306 e. The average molecular weight is 268 g/mol. The molecule has 0 aliphatic heterocycles. The van der Waals surface area contributed by atoms with Crippen LogP contribution in [0.25, 0.3) is 0 Å². The number of aliphatic hydroxyl groups excluding tert-OH is 1. The third-order valence-corrected chi connectivity index (χ3v) is 3.71. The second kappa shape index (κ2) is 6.12. The van der Waals surface area contributed by atoms with Gasteiger partial charge in [-0.15, -0.1) is 0 Å². The predicted molar refractivity (Wildman–Crippen MR) is 69.7 cm³/mol. The first-order valence-electron chi connectivity index (χ1n) is 6.64. The number of nitrogens with zero attached hydrogens (tertiary/aromatic N) is 3. The zero-order valence-electron chi connectivity index (χ0n) is 11.0. The van der Waals surface area contributed by atoms with Crippen LogP contribution in [0.1, 0.15) is 26.2 Å². The van der Waals surface area contributed by atoms with Crippen LogP contribution >= 0.6 is 0 Å². The monoisotopic (exact) mass is 268 g/mol. The van der Waals surface area contributed by atoms with Crippen molar-refractivity contribution in [1.29, 1.82) is 0 Å². The molecule has 0 bridgehead atoms. The highest BCUT2D eigenvalue weighted by molar-refractivity contribution is 5.20. The number of hydrogen-bond donors (Lipinski definition) is 2. The SMILES string of the molecule is CC1CCCC1NCC(O)Cn1cc([N+](=O)[O-])cn1. The van der Waals surface area contributed by atoms with Gasteiger partial charge in [-0.2, -0.15) is 5.10 Å². The van der Waals surface area contributed by atoms with Crippen LogP contribution < -0.4 is 5.32 Å². The average Bonchev–Trinajstić information content (AvgIpc) is 2.96. The third-order valence-electron chi connectivity index (χ3n) is 3.71. The summed E-state index contributed by atoms with van der Waals surface area (Å²) in [6, 6.07) is 0.474. The zero-order chi connectivity index (χ0) is 13.8. The van der Waals surface area contributed by atoms with E-state index in [4.69, 9.17) is 0 Å². The lowest BCUT2D eigenvalue weighted by atomic mass is 10.1. The molecule has 7 nitrogen and oxygen atoms in total. The van der Waals surface area contributed by atoms with E-state index in [9.17, 15) is 15.2 Å². The fourth-order valence-electron chi connectivity index (χ4n) is 2.56. The lowest BCUT2D eigenvalue weighted by molar-refractivity contribution is -0.385. The predicted octanol–water partition coefficient (Wildman–Crippen LogP) is 0.930. The van der Waals surface area contributed by atoms with Crippen LogP contribution in [-0.4, -0.2) is 38.5 Å². The van der Waals surface area contributed by atoms with E-state index in [0.717, 1.165) is 6.42 Å². The summed E-state index contributed by atoms with van der Waals surface area (Å²) in [5, 5.41) is 27.6. The minimum atomic E-state index is -0.590. The molecular formula is C12H20N4O3. The topological polar surface area (TPSA) is 93.2 Å². The molecule has 0 amide bonds. The van der Waals surface area contributed by atoms with Crippen molar-refractivity contribution in [2.45, 2.75) is 44.9 Å². The minimum Gasteiger partial charge on any atom is -0.390 e. The van der Waals surface area contributed by atoms with E-state index in [2.05, 4.69) is 17.3 Å². The Morgan fingerprint density at radius 2 is 2.47 bits per heavy atom. The molecule has 3 atom stereocenters. The number of nitrogens with one attached hydrogen (secondary N) is 1. The number of rotatable bonds is 6. The first-order valence-corrected chi connectivity index (χ1v) is 6.64. The lowest BCUT2D eigenvalue weighted by Gasteiger charge is -2.19. The molecular weight excluding hydrogens is 248 g/mol. The van der Waals surface area contributed by atoms with Crippen molar-refractivity contribution in [3.05, 3.63) is 22.5 Å². The van der Waals surface area contributed by atoms with Crippen molar-refractivity contribution in [3.8, 4) is 0 Å². The Kier molecular flexibility index (Phi) is 4.49. The highest BCUT2D eigenvalue weighted by atomic mass is 16.6. The summed E-state index contributed by atoms with van der Waals surface area (Å²) in [5.41, 5.74) is -0.0513. The van der Waals surface area contributed by atoms with Crippen LogP contribution in [0.5, 0.6) is 0 Å². The zero-order valence-corrected chi connectivity index (χ0v) is 11.0. The lowest BCUT2D eigenvalue weighted by Crippen LogP contribution is -2.38. The summed E-state index contributed by atoms with van der Waals surface area (Å²) in [6.45, 7) is 2.97. The standard InChI is InChI=1S/C12H20N4O3/c1-9-3-2-4-12(9)13-6-11(17)8-15-7-10(5-14-15)16(18)19/h5,7,9,11-13,17H,2-4,6,8H2,1H3. The van der Waals surface area contributed by atoms with Gasteiger partial charge in [-0.05, 0) is 18.8 Å². The van der Waals surface area contributed by atoms with Crippen LogP contribution in [-0.2, 0) is 6.54 Å². The Morgan fingerprint density at radius 3 is 3.05 bits per heavy atom. The van der Waals surface area contributed by atoms with Gasteiger partial charge in [0.2, 0.25) is 0 Å². The van der Waals surface area contributed by atoms with E-state index < -0.39 is 11.0 Å². The molecule has 2 N–H and O–H groups in total. The van der Waals surface area contributed by atoms with Crippen molar-refractivity contribution in [1.82, 2.24) is 15.1 Å². The van der Waals surface area contributed by atoms with Crippen LogP contribution in [0.4, 0.5) is 5.69 Å². The number of aromatic nitrogens is 2. The fraction of sp³-hybridized carbons (Fsp3) is 0.750. The number of hydrogen-bond acceptors (Lipinski definition) is 5. The van der Waals surface area contributed by atoms with Gasteiger partial charge in [-0.25, -0.2) is 0 Å². The molecule has 0 aromatic carbocycles. The van der Waals surface area contributed by atoms with Gasteiger partial charge in [0, 0.05) is 12.6 Å². The second-order valence-electron chi connectivity index (χ2n) is 5.25. The first kappa shape index (κ1) is 14.0. The number of aliphatic hydroxyl groups is 1. The molecule has 2 rings (SSSR count). The maximum atomic E-state index is 10.5. The molecule has 19 heavy (non-hydrogen) atoms. The molecule has 3 unspecified atom stereocenters. The van der Waals surface area contributed by atoms with E-state index >= 15 is 0 Å². The molecule has 1 saturated carbocycles. The fourth-order valence-corrected chi connectivity index (χ4v) is 2.56. The normalized spacial score (nSPS) is 24.5. The molecule has 7 heteroatoms. The Labute approximate surface area is 111 Å². The molecule has 1 aliphatic rings. The molecule has 1 aromatic heterocycles. The molecule has 0 radical (unpaired) electrons. The van der Waals surface area contributed by atoms with Crippen molar-refractivity contribution in [3.63, 3.8) is 0 Å². The van der Waals surface area contributed by atoms with E-state index in [-0.39, 0.29) is 12.2 Å². The maximum absolute atomic E-state index is 10.5. The van der Waals surface area contributed by atoms with Crippen LogP contribution in [0.2, 0.25) is 0 Å². The van der Waals surface area contributed by atoms with E-state index in [0.29, 0.717) is 18.5 Å². The number of nitro groups is 1.